The van der Waals surface area contributed by atoms with Crippen LogP contribution >= 0.6 is 0 Å². The lowest BCUT2D eigenvalue weighted by Crippen LogP contribution is -2.25. The van der Waals surface area contributed by atoms with Crippen molar-refractivity contribution < 1.29 is 19.1 Å². The van der Waals surface area contributed by atoms with Crippen molar-refractivity contribution in [3.05, 3.63) is 84.3 Å². The third kappa shape index (κ3) is 8.13. The van der Waals surface area contributed by atoms with Gasteiger partial charge in [0.05, 0.1) is 16.8 Å². The van der Waals surface area contributed by atoms with E-state index in [0.717, 1.165) is 40.6 Å². The fourth-order valence-corrected chi connectivity index (χ4v) is 4.43. The van der Waals surface area contributed by atoms with Crippen LogP contribution in [0.1, 0.15) is 67.3 Å². The molecule has 2 aromatic carbocycles. The summed E-state index contributed by atoms with van der Waals surface area (Å²) in [5.74, 6) is -0.691. The summed E-state index contributed by atoms with van der Waals surface area (Å²) >= 11 is 0. The van der Waals surface area contributed by atoms with E-state index < -0.39 is 5.60 Å². The van der Waals surface area contributed by atoms with E-state index in [2.05, 4.69) is 25.9 Å². The Bertz CT molecular complexity index is 1550. The standard InChI is InChI=1S/C33H37N5O4/c1-33(2,3)42-29(39)13-9-6-10-18-35-32(41)28-17-15-23(20-36-28)22-14-16-27-25(19-22)30(26(21-37-27)31(40)34-4)38-24-11-7-5-8-12-24/h5,7-8,11-12,14-17,19-21H,6,9-10,13,18H2,1-4H3,(H,34,40)(H,35,41)(H,37,38). The van der Waals surface area contributed by atoms with Gasteiger partial charge in [-0.25, -0.2) is 0 Å². The maximum absolute atomic E-state index is 12.7. The molecule has 4 rings (SSSR count). The van der Waals surface area contributed by atoms with Crippen molar-refractivity contribution in [3.63, 3.8) is 0 Å². The number of ether oxygens (including phenoxy) is 1. The molecule has 0 atom stereocenters. The summed E-state index contributed by atoms with van der Waals surface area (Å²) in [5, 5.41) is 9.75. The number of rotatable bonds is 11. The lowest BCUT2D eigenvalue weighted by atomic mass is 10.0. The Morgan fingerprint density at radius 3 is 2.29 bits per heavy atom. The highest BCUT2D eigenvalue weighted by Crippen LogP contribution is 2.32. The van der Waals surface area contributed by atoms with Crippen molar-refractivity contribution in [2.75, 3.05) is 18.9 Å². The number of carbonyl (C=O) groups excluding carboxylic acids is 3. The summed E-state index contributed by atoms with van der Waals surface area (Å²) in [4.78, 5) is 46.0. The summed E-state index contributed by atoms with van der Waals surface area (Å²) in [6.07, 6.45) is 5.89. The summed E-state index contributed by atoms with van der Waals surface area (Å²) in [7, 11) is 1.59. The minimum atomic E-state index is -0.474. The zero-order chi connectivity index (χ0) is 30.1. The number of hydrogen-bond acceptors (Lipinski definition) is 7. The molecule has 9 heteroatoms. The van der Waals surface area contributed by atoms with Crippen LogP contribution in [-0.4, -0.2) is 46.9 Å². The lowest BCUT2D eigenvalue weighted by Gasteiger charge is -2.19. The van der Waals surface area contributed by atoms with Crippen molar-refractivity contribution in [2.24, 2.45) is 0 Å². The molecular formula is C33H37N5O4. The largest absolute Gasteiger partial charge is 0.460 e. The third-order valence-corrected chi connectivity index (χ3v) is 6.48. The van der Waals surface area contributed by atoms with Crippen LogP contribution in [-0.2, 0) is 9.53 Å². The first-order valence-corrected chi connectivity index (χ1v) is 14.1. The van der Waals surface area contributed by atoms with Gasteiger partial charge in [-0.2, -0.15) is 0 Å². The van der Waals surface area contributed by atoms with Gasteiger partial charge in [-0.3, -0.25) is 24.4 Å². The number of fused-ring (bicyclic) bond motifs is 1. The maximum Gasteiger partial charge on any atom is 0.306 e. The van der Waals surface area contributed by atoms with Gasteiger partial charge in [-0.05, 0) is 69.5 Å². The van der Waals surface area contributed by atoms with Crippen LogP contribution in [0.2, 0.25) is 0 Å². The minimum Gasteiger partial charge on any atom is -0.460 e. The smallest absolute Gasteiger partial charge is 0.306 e. The second-order valence-corrected chi connectivity index (χ2v) is 10.9. The number of hydrogen-bond donors (Lipinski definition) is 3. The van der Waals surface area contributed by atoms with E-state index in [1.165, 1.54) is 0 Å². The van der Waals surface area contributed by atoms with Gasteiger partial charge in [-0.15, -0.1) is 0 Å². The topological polar surface area (TPSA) is 122 Å². The van der Waals surface area contributed by atoms with Crippen molar-refractivity contribution >= 4 is 40.1 Å². The average molecular weight is 568 g/mol. The molecular weight excluding hydrogens is 530 g/mol. The number of anilines is 2. The van der Waals surface area contributed by atoms with Crippen LogP contribution in [0.5, 0.6) is 0 Å². The molecule has 3 N–H and O–H groups in total. The molecule has 2 aromatic heterocycles. The highest BCUT2D eigenvalue weighted by molar-refractivity contribution is 6.08. The first-order chi connectivity index (χ1) is 20.1. The molecule has 0 saturated heterocycles. The van der Waals surface area contributed by atoms with Crippen molar-refractivity contribution in [1.29, 1.82) is 0 Å². The Morgan fingerprint density at radius 2 is 1.60 bits per heavy atom. The predicted molar refractivity (Wildman–Crippen MR) is 165 cm³/mol. The fourth-order valence-electron chi connectivity index (χ4n) is 4.43. The first-order valence-electron chi connectivity index (χ1n) is 14.1. The number of unbranched alkanes of at least 4 members (excludes halogenated alkanes) is 2. The molecule has 0 bridgehead atoms. The van der Waals surface area contributed by atoms with Gasteiger partial charge in [0.1, 0.15) is 11.3 Å². The van der Waals surface area contributed by atoms with Crippen molar-refractivity contribution in [3.8, 4) is 11.1 Å². The van der Waals surface area contributed by atoms with E-state index in [1.807, 2.05) is 75.4 Å². The van der Waals surface area contributed by atoms with Crippen molar-refractivity contribution in [1.82, 2.24) is 20.6 Å². The van der Waals surface area contributed by atoms with Gasteiger partial charge in [0, 0.05) is 49.0 Å². The number of carbonyl (C=O) groups is 3. The van der Waals surface area contributed by atoms with E-state index in [-0.39, 0.29) is 17.8 Å². The molecule has 2 heterocycles. The maximum atomic E-state index is 12.7. The van der Waals surface area contributed by atoms with Crippen LogP contribution in [0.4, 0.5) is 11.4 Å². The van der Waals surface area contributed by atoms with Crippen molar-refractivity contribution in [2.45, 2.75) is 52.1 Å². The van der Waals surface area contributed by atoms with Gasteiger partial charge >= 0.3 is 5.97 Å². The van der Waals surface area contributed by atoms with Gasteiger partial charge < -0.3 is 20.7 Å². The van der Waals surface area contributed by atoms with Gasteiger partial charge in [0.15, 0.2) is 0 Å². The SMILES string of the molecule is CNC(=O)c1cnc2ccc(-c3ccc(C(=O)NCCCCCC(=O)OC(C)(C)C)nc3)cc2c1Nc1ccccc1. The van der Waals surface area contributed by atoms with Crippen LogP contribution < -0.4 is 16.0 Å². The number of esters is 1. The molecule has 2 amide bonds. The number of benzene rings is 2. The molecule has 0 aliphatic rings. The number of nitrogens with zero attached hydrogens (tertiary/aromatic N) is 2. The molecule has 0 saturated carbocycles. The zero-order valence-electron chi connectivity index (χ0n) is 24.5. The van der Waals surface area contributed by atoms with E-state index in [0.29, 0.717) is 36.3 Å². The molecule has 0 aliphatic carbocycles. The third-order valence-electron chi connectivity index (χ3n) is 6.48. The van der Waals surface area contributed by atoms with E-state index in [9.17, 15) is 14.4 Å². The number of amides is 2. The molecule has 9 nitrogen and oxygen atoms in total. The second kappa shape index (κ2) is 13.7. The number of nitrogens with one attached hydrogen (secondary N) is 3. The first kappa shape index (κ1) is 30.2. The molecule has 0 unspecified atom stereocenters. The quantitative estimate of drug-likeness (QED) is 0.149. The monoisotopic (exact) mass is 567 g/mol. The average Bonchev–Trinajstić information content (AvgIpc) is 2.98. The number of para-hydroxylation sites is 1. The minimum absolute atomic E-state index is 0.200. The molecule has 0 fully saturated rings. The molecule has 42 heavy (non-hydrogen) atoms. The highest BCUT2D eigenvalue weighted by Gasteiger charge is 2.17. The summed E-state index contributed by atoms with van der Waals surface area (Å²) < 4.78 is 5.31. The summed E-state index contributed by atoms with van der Waals surface area (Å²) in [5.41, 5.74) is 4.22. The van der Waals surface area contributed by atoms with Gasteiger partial charge in [0.25, 0.3) is 11.8 Å². The Kier molecular flexibility index (Phi) is 9.85. The Balaban J connectivity index is 1.42. The van der Waals surface area contributed by atoms with Crippen LogP contribution in [0.3, 0.4) is 0 Å². The normalized spacial score (nSPS) is 11.1. The Hall–Kier alpha value is -4.79. The number of pyridine rings is 2. The lowest BCUT2D eigenvalue weighted by molar-refractivity contribution is -0.154. The van der Waals surface area contributed by atoms with Gasteiger partial charge in [-0.1, -0.05) is 36.8 Å². The fraction of sp³-hybridized carbons (Fsp3) is 0.303. The zero-order valence-corrected chi connectivity index (χ0v) is 24.5. The van der Waals surface area contributed by atoms with Gasteiger partial charge in [0.2, 0.25) is 0 Å². The summed E-state index contributed by atoms with van der Waals surface area (Å²) in [6, 6.07) is 19.0. The molecule has 0 spiro atoms. The Morgan fingerprint density at radius 1 is 0.833 bits per heavy atom. The molecule has 218 valence electrons. The summed E-state index contributed by atoms with van der Waals surface area (Å²) in [6.45, 7) is 6.06. The highest BCUT2D eigenvalue weighted by atomic mass is 16.6. The van der Waals surface area contributed by atoms with E-state index in [4.69, 9.17) is 4.74 Å². The van der Waals surface area contributed by atoms with Crippen LogP contribution in [0.15, 0.2) is 73.1 Å². The van der Waals surface area contributed by atoms with Crippen LogP contribution in [0.25, 0.3) is 22.0 Å². The van der Waals surface area contributed by atoms with E-state index >= 15 is 0 Å². The number of aromatic nitrogens is 2. The van der Waals surface area contributed by atoms with Crippen LogP contribution in [0, 0.1) is 0 Å². The molecule has 0 radical (unpaired) electrons. The Labute approximate surface area is 246 Å². The van der Waals surface area contributed by atoms with E-state index in [1.54, 1.807) is 25.5 Å². The second-order valence-electron chi connectivity index (χ2n) is 10.9. The predicted octanol–water partition coefficient (Wildman–Crippen LogP) is 6.03. The molecule has 4 aromatic rings. The molecule has 0 aliphatic heterocycles.